The van der Waals surface area contributed by atoms with Gasteiger partial charge in [-0.2, -0.15) is 0 Å². The van der Waals surface area contributed by atoms with Gasteiger partial charge in [0.15, 0.2) is 9.84 Å². The van der Waals surface area contributed by atoms with Crippen LogP contribution in [0.3, 0.4) is 0 Å². The number of allylic oxidation sites excluding steroid dienone is 1. The summed E-state index contributed by atoms with van der Waals surface area (Å²) in [7, 11) is -3.00. The van der Waals surface area contributed by atoms with Crippen LogP contribution in [0.4, 0.5) is 0 Å². The molecule has 15 heavy (non-hydrogen) atoms. The van der Waals surface area contributed by atoms with Gasteiger partial charge in [0.25, 0.3) is 0 Å². The Morgan fingerprint density at radius 3 is 2.73 bits per heavy atom. The van der Waals surface area contributed by atoms with Crippen LogP contribution in [0.15, 0.2) is 12.7 Å². The number of hydrogen-bond acceptors (Lipinski definition) is 3. The molecule has 0 aromatic heterocycles. The third kappa shape index (κ3) is 3.34. The smallest absolute Gasteiger partial charge is 0.222 e. The molecule has 1 heterocycles. The van der Waals surface area contributed by atoms with E-state index in [0.717, 1.165) is 0 Å². The van der Waals surface area contributed by atoms with E-state index in [-0.39, 0.29) is 11.2 Å². The van der Waals surface area contributed by atoms with Gasteiger partial charge in [0.05, 0.1) is 5.25 Å². The fourth-order valence-corrected chi connectivity index (χ4v) is 2.67. The summed E-state index contributed by atoms with van der Waals surface area (Å²) in [5.74, 6) is 0.0288. The first-order valence-corrected chi connectivity index (χ1v) is 6.98. The molecule has 1 atom stereocenters. The second-order valence-corrected chi connectivity index (χ2v) is 6.23. The number of amides is 1. The van der Waals surface area contributed by atoms with E-state index in [0.29, 0.717) is 32.4 Å². The molecule has 1 aliphatic heterocycles. The average molecular weight is 231 g/mol. The second kappa shape index (κ2) is 4.79. The van der Waals surface area contributed by atoms with Crippen molar-refractivity contribution < 1.29 is 13.2 Å². The van der Waals surface area contributed by atoms with E-state index in [9.17, 15) is 13.2 Å². The minimum atomic E-state index is -3.00. The molecule has 4 nitrogen and oxygen atoms in total. The molecular weight excluding hydrogens is 214 g/mol. The molecule has 0 spiro atoms. The van der Waals surface area contributed by atoms with Crippen LogP contribution in [0, 0.1) is 0 Å². The third-order valence-electron chi connectivity index (χ3n) is 2.67. The predicted octanol–water partition coefficient (Wildman–Crippen LogP) is 0.598. The molecule has 1 saturated heterocycles. The summed E-state index contributed by atoms with van der Waals surface area (Å²) in [4.78, 5) is 13.2. The molecule has 0 bridgehead atoms. The van der Waals surface area contributed by atoms with Gasteiger partial charge < -0.3 is 4.90 Å². The second-order valence-electron chi connectivity index (χ2n) is 3.91. The third-order valence-corrected chi connectivity index (χ3v) is 4.26. The van der Waals surface area contributed by atoms with Gasteiger partial charge in [-0.1, -0.05) is 6.08 Å². The van der Waals surface area contributed by atoms with Crippen LogP contribution in [0.25, 0.3) is 0 Å². The Balaban J connectivity index is 2.49. The number of rotatable bonds is 4. The molecule has 0 N–H and O–H groups in total. The highest BCUT2D eigenvalue weighted by Gasteiger charge is 2.31. The van der Waals surface area contributed by atoms with Gasteiger partial charge >= 0.3 is 0 Å². The molecule has 0 radical (unpaired) electrons. The zero-order chi connectivity index (χ0) is 11.5. The number of likely N-dealkylation sites (tertiary alicyclic amines) is 1. The predicted molar refractivity (Wildman–Crippen MR) is 59.3 cm³/mol. The van der Waals surface area contributed by atoms with Crippen LogP contribution in [0.2, 0.25) is 0 Å². The molecule has 86 valence electrons. The highest BCUT2D eigenvalue weighted by atomic mass is 32.2. The molecule has 1 amide bonds. The van der Waals surface area contributed by atoms with Crippen LogP contribution < -0.4 is 0 Å². The maximum atomic E-state index is 11.6. The molecule has 0 aromatic carbocycles. The van der Waals surface area contributed by atoms with E-state index in [1.54, 1.807) is 11.0 Å². The van der Waals surface area contributed by atoms with Gasteiger partial charge in [-0.05, 0) is 12.8 Å². The van der Waals surface area contributed by atoms with Crippen molar-refractivity contribution in [3.05, 3.63) is 12.7 Å². The van der Waals surface area contributed by atoms with Crippen molar-refractivity contribution in [3.63, 3.8) is 0 Å². The van der Waals surface area contributed by atoms with Crippen LogP contribution in [0.1, 0.15) is 19.3 Å². The largest absolute Gasteiger partial charge is 0.341 e. The summed E-state index contributed by atoms with van der Waals surface area (Å²) in [5.41, 5.74) is 0. The lowest BCUT2D eigenvalue weighted by Crippen LogP contribution is -2.31. The zero-order valence-electron chi connectivity index (χ0n) is 8.98. The Kier molecular flexibility index (Phi) is 3.90. The molecular formula is C10H17NO3S. The minimum absolute atomic E-state index is 0.0288. The normalized spacial score (nSPS) is 21.7. The fraction of sp³-hybridized carbons (Fsp3) is 0.700. The summed E-state index contributed by atoms with van der Waals surface area (Å²) in [6.45, 7) is 4.47. The number of hydrogen-bond donors (Lipinski definition) is 0. The molecule has 1 aliphatic rings. The summed E-state index contributed by atoms with van der Waals surface area (Å²) in [5, 5.41) is -0.370. The lowest BCUT2D eigenvalue weighted by molar-refractivity contribution is -0.130. The van der Waals surface area contributed by atoms with Gasteiger partial charge in [0.1, 0.15) is 0 Å². The van der Waals surface area contributed by atoms with Gasteiger partial charge in [-0.25, -0.2) is 8.42 Å². The van der Waals surface area contributed by atoms with Crippen molar-refractivity contribution in [1.82, 2.24) is 4.90 Å². The first kappa shape index (κ1) is 12.2. The Morgan fingerprint density at radius 2 is 2.27 bits per heavy atom. The Labute approximate surface area is 90.9 Å². The van der Waals surface area contributed by atoms with E-state index < -0.39 is 9.84 Å². The summed E-state index contributed by atoms with van der Waals surface area (Å²) >= 11 is 0. The maximum absolute atomic E-state index is 11.6. The standard InChI is InChI=1S/C10H17NO3S/c1-3-4-5-10(12)11-7-6-9(8-11)15(2,13)14/h3,9H,1,4-8H2,2H3. The molecule has 0 aromatic rings. The van der Waals surface area contributed by atoms with Crippen molar-refractivity contribution in [2.45, 2.75) is 24.5 Å². The van der Waals surface area contributed by atoms with E-state index >= 15 is 0 Å². The van der Waals surface area contributed by atoms with Crippen molar-refractivity contribution in [2.75, 3.05) is 19.3 Å². The van der Waals surface area contributed by atoms with E-state index in [1.165, 1.54) is 6.26 Å². The highest BCUT2D eigenvalue weighted by Crippen LogP contribution is 2.17. The SMILES string of the molecule is C=CCCC(=O)N1CCC(S(C)(=O)=O)C1. The van der Waals surface area contributed by atoms with Crippen molar-refractivity contribution in [1.29, 1.82) is 0 Å². The molecule has 5 heteroatoms. The van der Waals surface area contributed by atoms with Crippen molar-refractivity contribution in [3.8, 4) is 0 Å². The summed E-state index contributed by atoms with van der Waals surface area (Å²) in [6, 6.07) is 0. The van der Waals surface area contributed by atoms with Gasteiger partial charge in [-0.3, -0.25) is 4.79 Å². The maximum Gasteiger partial charge on any atom is 0.222 e. The molecule has 1 fully saturated rings. The molecule has 0 saturated carbocycles. The average Bonchev–Trinajstić information content (AvgIpc) is 2.62. The quantitative estimate of drug-likeness (QED) is 0.666. The number of sulfone groups is 1. The van der Waals surface area contributed by atoms with E-state index in [1.807, 2.05) is 0 Å². The number of nitrogens with zero attached hydrogens (tertiary/aromatic N) is 1. The van der Waals surface area contributed by atoms with Gasteiger partial charge in [0.2, 0.25) is 5.91 Å². The first-order valence-electron chi connectivity index (χ1n) is 5.02. The fourth-order valence-electron chi connectivity index (χ4n) is 1.69. The minimum Gasteiger partial charge on any atom is -0.341 e. The first-order chi connectivity index (χ1) is 6.95. The topological polar surface area (TPSA) is 54.5 Å². The number of carbonyl (C=O) groups is 1. The summed E-state index contributed by atoms with van der Waals surface area (Å²) in [6.07, 6.45) is 4.58. The Bertz CT molecular complexity index is 348. The highest BCUT2D eigenvalue weighted by molar-refractivity contribution is 7.91. The monoisotopic (exact) mass is 231 g/mol. The van der Waals surface area contributed by atoms with Crippen LogP contribution >= 0.6 is 0 Å². The Hall–Kier alpha value is -0.840. The van der Waals surface area contributed by atoms with Crippen LogP contribution in [0.5, 0.6) is 0 Å². The van der Waals surface area contributed by atoms with E-state index in [4.69, 9.17) is 0 Å². The van der Waals surface area contributed by atoms with Gasteiger partial charge in [-0.15, -0.1) is 6.58 Å². The lowest BCUT2D eigenvalue weighted by Gasteiger charge is -2.15. The van der Waals surface area contributed by atoms with Crippen LogP contribution in [-0.2, 0) is 14.6 Å². The van der Waals surface area contributed by atoms with Crippen molar-refractivity contribution in [2.24, 2.45) is 0 Å². The van der Waals surface area contributed by atoms with Crippen molar-refractivity contribution >= 4 is 15.7 Å². The Morgan fingerprint density at radius 1 is 1.60 bits per heavy atom. The molecule has 0 aliphatic carbocycles. The number of carbonyl (C=O) groups excluding carboxylic acids is 1. The molecule has 1 rings (SSSR count). The summed E-state index contributed by atoms with van der Waals surface area (Å²) < 4.78 is 22.5. The van der Waals surface area contributed by atoms with E-state index in [2.05, 4.69) is 6.58 Å². The zero-order valence-corrected chi connectivity index (χ0v) is 9.79. The van der Waals surface area contributed by atoms with Crippen LogP contribution in [-0.4, -0.2) is 43.8 Å². The molecule has 1 unspecified atom stereocenters. The lowest BCUT2D eigenvalue weighted by atomic mass is 10.3. The van der Waals surface area contributed by atoms with Gasteiger partial charge in [0, 0.05) is 25.8 Å².